The summed E-state index contributed by atoms with van der Waals surface area (Å²) < 4.78 is 31.4. The van der Waals surface area contributed by atoms with Gasteiger partial charge in [-0.2, -0.15) is 4.31 Å². The molecule has 1 aliphatic heterocycles. The maximum absolute atomic E-state index is 12.6. The van der Waals surface area contributed by atoms with Gasteiger partial charge in [-0.05, 0) is 13.8 Å². The van der Waals surface area contributed by atoms with Crippen LogP contribution in [0.4, 0.5) is 0 Å². The average molecular weight is 301 g/mol. The molecule has 2 heterocycles. The summed E-state index contributed by atoms with van der Waals surface area (Å²) in [5, 5.41) is 3.69. The van der Waals surface area contributed by atoms with Gasteiger partial charge in [0, 0.05) is 32.6 Å². The largest absolute Gasteiger partial charge is 0.360 e. The van der Waals surface area contributed by atoms with Crippen LogP contribution in [0.5, 0.6) is 0 Å². The molecule has 0 N–H and O–H groups in total. The first-order valence-corrected chi connectivity index (χ1v) is 8.02. The minimum Gasteiger partial charge on any atom is -0.360 e. The first kappa shape index (κ1) is 15.0. The van der Waals surface area contributed by atoms with Gasteiger partial charge < -0.3 is 9.42 Å². The maximum atomic E-state index is 12.6. The summed E-state index contributed by atoms with van der Waals surface area (Å²) in [6.07, 6.45) is 0.441. The van der Waals surface area contributed by atoms with E-state index >= 15 is 0 Å². The van der Waals surface area contributed by atoms with Crippen LogP contribution in [0, 0.1) is 13.8 Å². The molecule has 1 aliphatic rings. The predicted molar refractivity (Wildman–Crippen MR) is 71.6 cm³/mol. The van der Waals surface area contributed by atoms with Gasteiger partial charge in [-0.25, -0.2) is 8.42 Å². The summed E-state index contributed by atoms with van der Waals surface area (Å²) in [6, 6.07) is 0. The lowest BCUT2D eigenvalue weighted by molar-refractivity contribution is -0.132. The topological polar surface area (TPSA) is 83.7 Å². The minimum absolute atomic E-state index is 0.0550. The van der Waals surface area contributed by atoms with Gasteiger partial charge in [-0.1, -0.05) is 12.1 Å². The van der Waals surface area contributed by atoms with Gasteiger partial charge >= 0.3 is 0 Å². The number of hydrogen-bond donors (Lipinski definition) is 0. The molecule has 20 heavy (non-hydrogen) atoms. The number of carbonyl (C=O) groups is 1. The Morgan fingerprint density at radius 3 is 2.30 bits per heavy atom. The number of nitrogens with zero attached hydrogens (tertiary/aromatic N) is 3. The van der Waals surface area contributed by atoms with Crippen LogP contribution in [0.2, 0.25) is 0 Å². The number of aromatic nitrogens is 1. The molecule has 112 valence electrons. The predicted octanol–water partition coefficient (Wildman–Crippen LogP) is 0.534. The molecule has 0 radical (unpaired) electrons. The summed E-state index contributed by atoms with van der Waals surface area (Å²) in [5.74, 6) is 0.356. The molecule has 0 spiro atoms. The smallest absolute Gasteiger partial charge is 0.248 e. The zero-order chi connectivity index (χ0) is 14.9. The minimum atomic E-state index is -3.60. The van der Waals surface area contributed by atoms with E-state index in [0.29, 0.717) is 44.1 Å². The van der Waals surface area contributed by atoms with Crippen molar-refractivity contribution in [3.63, 3.8) is 0 Å². The van der Waals surface area contributed by atoms with Crippen LogP contribution < -0.4 is 0 Å². The lowest BCUT2D eigenvalue weighted by Crippen LogP contribution is -2.50. The Balaban J connectivity index is 2.16. The highest BCUT2D eigenvalue weighted by atomic mass is 32.2. The Labute approximate surface area is 118 Å². The second-order valence-corrected chi connectivity index (χ2v) is 6.67. The van der Waals surface area contributed by atoms with Crippen LogP contribution in [-0.4, -0.2) is 54.9 Å². The molecule has 8 heteroatoms. The van der Waals surface area contributed by atoms with E-state index in [1.165, 1.54) is 4.31 Å². The molecule has 1 fully saturated rings. The standard InChI is InChI=1S/C12H19N3O4S/c1-4-11(16)14-5-7-15(8-6-14)20(17,18)12-9(2)13-19-10(12)3/h4-8H2,1-3H3. The average Bonchev–Trinajstić information content (AvgIpc) is 2.78. The molecule has 1 aromatic rings. The molecule has 0 unspecified atom stereocenters. The SMILES string of the molecule is CCC(=O)N1CCN(S(=O)(=O)c2c(C)noc2C)CC1. The Morgan fingerprint density at radius 1 is 1.25 bits per heavy atom. The number of hydrogen-bond acceptors (Lipinski definition) is 5. The van der Waals surface area contributed by atoms with Crippen molar-refractivity contribution in [3.8, 4) is 0 Å². The van der Waals surface area contributed by atoms with E-state index in [0.717, 1.165) is 0 Å². The van der Waals surface area contributed by atoms with Crippen LogP contribution in [-0.2, 0) is 14.8 Å². The van der Waals surface area contributed by atoms with Crippen molar-refractivity contribution in [3.05, 3.63) is 11.5 Å². The van der Waals surface area contributed by atoms with Crippen molar-refractivity contribution in [1.29, 1.82) is 0 Å². The number of carbonyl (C=O) groups excluding carboxylic acids is 1. The summed E-state index contributed by atoms with van der Waals surface area (Å²) >= 11 is 0. The number of piperazine rings is 1. The van der Waals surface area contributed by atoms with E-state index in [-0.39, 0.29) is 10.8 Å². The number of amides is 1. The molecule has 0 bridgehead atoms. The van der Waals surface area contributed by atoms with E-state index in [9.17, 15) is 13.2 Å². The number of sulfonamides is 1. The van der Waals surface area contributed by atoms with Crippen LogP contribution >= 0.6 is 0 Å². The molecule has 1 aromatic heterocycles. The lowest BCUT2D eigenvalue weighted by Gasteiger charge is -2.33. The highest BCUT2D eigenvalue weighted by Crippen LogP contribution is 2.24. The monoisotopic (exact) mass is 301 g/mol. The van der Waals surface area contributed by atoms with Crippen LogP contribution in [0.3, 0.4) is 0 Å². The van der Waals surface area contributed by atoms with Gasteiger partial charge in [0.1, 0.15) is 10.6 Å². The van der Waals surface area contributed by atoms with Crippen LogP contribution in [0.25, 0.3) is 0 Å². The third kappa shape index (κ3) is 2.57. The van der Waals surface area contributed by atoms with Crippen molar-refractivity contribution >= 4 is 15.9 Å². The highest BCUT2D eigenvalue weighted by Gasteiger charge is 2.33. The number of aryl methyl sites for hydroxylation is 2. The molecule has 0 atom stereocenters. The van der Waals surface area contributed by atoms with E-state index < -0.39 is 10.0 Å². The van der Waals surface area contributed by atoms with Gasteiger partial charge in [-0.3, -0.25) is 4.79 Å². The van der Waals surface area contributed by atoms with Gasteiger partial charge in [-0.15, -0.1) is 0 Å². The fourth-order valence-electron chi connectivity index (χ4n) is 2.37. The Kier molecular flexibility index (Phi) is 4.14. The van der Waals surface area contributed by atoms with Crippen molar-refractivity contribution in [2.45, 2.75) is 32.1 Å². The molecule has 2 rings (SSSR count). The van der Waals surface area contributed by atoms with Crippen molar-refractivity contribution in [2.24, 2.45) is 0 Å². The summed E-state index contributed by atoms with van der Waals surface area (Å²) in [5.41, 5.74) is 0.370. The summed E-state index contributed by atoms with van der Waals surface area (Å²) in [4.78, 5) is 13.4. The van der Waals surface area contributed by atoms with E-state index in [2.05, 4.69) is 5.16 Å². The third-order valence-electron chi connectivity index (χ3n) is 3.46. The van der Waals surface area contributed by atoms with Crippen LogP contribution in [0.1, 0.15) is 24.8 Å². The fraction of sp³-hybridized carbons (Fsp3) is 0.667. The fourth-order valence-corrected chi connectivity index (χ4v) is 4.09. The van der Waals surface area contributed by atoms with E-state index in [1.54, 1.807) is 25.7 Å². The van der Waals surface area contributed by atoms with E-state index in [4.69, 9.17) is 4.52 Å². The molecule has 0 saturated carbocycles. The lowest BCUT2D eigenvalue weighted by atomic mass is 10.3. The van der Waals surface area contributed by atoms with Gasteiger partial charge in [0.05, 0.1) is 0 Å². The van der Waals surface area contributed by atoms with Crippen molar-refractivity contribution < 1.29 is 17.7 Å². The summed E-state index contributed by atoms with van der Waals surface area (Å²) in [6.45, 7) is 6.46. The van der Waals surface area contributed by atoms with Crippen LogP contribution in [0.15, 0.2) is 9.42 Å². The van der Waals surface area contributed by atoms with Crippen molar-refractivity contribution in [1.82, 2.24) is 14.4 Å². The molecule has 1 saturated heterocycles. The second kappa shape index (κ2) is 5.53. The molecular weight excluding hydrogens is 282 g/mol. The Hall–Kier alpha value is -1.41. The number of rotatable bonds is 3. The highest BCUT2D eigenvalue weighted by molar-refractivity contribution is 7.89. The second-order valence-electron chi connectivity index (χ2n) is 4.79. The normalized spacial score (nSPS) is 17.4. The molecule has 1 amide bonds. The quantitative estimate of drug-likeness (QED) is 0.813. The first-order valence-electron chi connectivity index (χ1n) is 6.58. The van der Waals surface area contributed by atoms with Gasteiger partial charge in [0.15, 0.2) is 5.76 Å². The first-order chi connectivity index (χ1) is 9.37. The Bertz CT molecular complexity index is 581. The molecule has 0 aliphatic carbocycles. The third-order valence-corrected chi connectivity index (χ3v) is 5.60. The van der Waals surface area contributed by atoms with Gasteiger partial charge in [0.25, 0.3) is 0 Å². The zero-order valence-electron chi connectivity index (χ0n) is 11.9. The molecule has 7 nitrogen and oxygen atoms in total. The van der Waals surface area contributed by atoms with E-state index in [1.807, 2.05) is 0 Å². The zero-order valence-corrected chi connectivity index (χ0v) is 12.7. The Morgan fingerprint density at radius 2 is 1.85 bits per heavy atom. The summed E-state index contributed by atoms with van der Waals surface area (Å²) in [7, 11) is -3.60. The van der Waals surface area contributed by atoms with Crippen molar-refractivity contribution in [2.75, 3.05) is 26.2 Å². The molecule has 0 aromatic carbocycles. The maximum Gasteiger partial charge on any atom is 0.248 e. The van der Waals surface area contributed by atoms with Gasteiger partial charge in [0.2, 0.25) is 15.9 Å². The molecular formula is C12H19N3O4S.